The highest BCUT2D eigenvalue weighted by Gasteiger charge is 2.20. The Morgan fingerprint density at radius 1 is 0.240 bits per heavy atom. The molecule has 9 aromatic carbocycles. The molecule has 0 bridgehead atoms. The van der Waals surface area contributed by atoms with E-state index in [0.717, 1.165) is 125 Å². The van der Waals surface area contributed by atoms with Crippen molar-refractivity contribution in [2.45, 2.75) is 377 Å². The van der Waals surface area contributed by atoms with Crippen molar-refractivity contribution in [1.82, 2.24) is 0 Å². The zero-order valence-corrected chi connectivity index (χ0v) is 91.0. The maximum atomic E-state index is 13.7. The summed E-state index contributed by atoms with van der Waals surface area (Å²) in [7, 11) is 0. The second-order valence-corrected chi connectivity index (χ2v) is 41.1. The molecule has 14 heteroatoms. The molecule has 2 atom stereocenters. The van der Waals surface area contributed by atoms with Gasteiger partial charge >= 0.3 is 0 Å². The molecule has 0 aliphatic rings. The summed E-state index contributed by atoms with van der Waals surface area (Å²) in [5.74, 6) is 34.0. The molecule has 14 nitrogen and oxygen atoms in total. The van der Waals surface area contributed by atoms with Crippen LogP contribution in [0.1, 0.15) is 443 Å². The van der Waals surface area contributed by atoms with E-state index in [-0.39, 0.29) is 23.7 Å². The van der Waals surface area contributed by atoms with E-state index in [1.54, 1.807) is 48.5 Å². The van der Waals surface area contributed by atoms with E-state index in [4.69, 9.17) is 28.4 Å². The van der Waals surface area contributed by atoms with E-state index in [1.165, 1.54) is 205 Å². The van der Waals surface area contributed by atoms with Gasteiger partial charge in [0.2, 0.25) is 0 Å². The Hall–Kier alpha value is -11.8. The van der Waals surface area contributed by atoms with Crippen molar-refractivity contribution >= 4 is 45.9 Å². The highest BCUT2D eigenvalue weighted by Crippen LogP contribution is 2.37. The van der Waals surface area contributed by atoms with Crippen LogP contribution in [-0.4, -0.2) is 51.5 Å². The van der Waals surface area contributed by atoms with Gasteiger partial charge in [-0.25, -0.2) is 0 Å². The van der Waals surface area contributed by atoms with Crippen molar-refractivity contribution in [1.29, 1.82) is 0 Å². The predicted octanol–water partition coefficient (Wildman–Crippen LogP) is 38.3. The minimum Gasteiger partial charge on any atom is -0.492 e. The van der Waals surface area contributed by atoms with Crippen LogP contribution in [0.3, 0.4) is 0 Å². The van der Waals surface area contributed by atoms with Gasteiger partial charge in [-0.05, 0) is 184 Å². The molecule has 9 rings (SSSR count). The summed E-state index contributed by atoms with van der Waals surface area (Å²) in [4.78, 5) is 27.4. The number of carbonyl (C=O) groups excluding carboxylic acids is 2. The van der Waals surface area contributed by atoms with Crippen molar-refractivity contribution in [3.63, 3.8) is 0 Å². The summed E-state index contributed by atoms with van der Waals surface area (Å²) >= 11 is 0. The minimum absolute atomic E-state index is 0.236. The fraction of sp³-hybridized carbons (Fsp3) is 0.515. The fourth-order valence-electron chi connectivity index (χ4n) is 17.6. The van der Waals surface area contributed by atoms with Gasteiger partial charge < -0.3 is 39.1 Å². The van der Waals surface area contributed by atoms with Gasteiger partial charge in [-0.15, -0.1) is 0 Å². The molecule has 0 heterocycles. The van der Waals surface area contributed by atoms with E-state index < -0.39 is 0 Å². The molecular weight excluding hydrogens is 1800 g/mol. The third-order valence-corrected chi connectivity index (χ3v) is 26.7. The summed E-state index contributed by atoms with van der Waals surface area (Å²) in [6.45, 7) is 25.9. The lowest BCUT2D eigenvalue weighted by Gasteiger charge is -2.18. The Morgan fingerprint density at radius 3 is 0.705 bits per heavy atom. The van der Waals surface area contributed by atoms with Crippen LogP contribution in [-0.2, 0) is 0 Å². The number of hydrogen-bond donors (Lipinski definition) is 2. The zero-order chi connectivity index (χ0) is 103. The molecule has 146 heavy (non-hydrogen) atoms. The number of carbonyl (C=O) groups is 2. The molecule has 2 N–H and O–H groups in total. The number of nitrogens with one attached hydrogen (secondary N) is 2. The number of ether oxygens (including phenoxy) is 6. The van der Waals surface area contributed by atoms with E-state index in [1.807, 2.05) is 133 Å². The average Bonchev–Trinajstić information content (AvgIpc) is 0.789. The number of anilines is 2. The Kier molecular flexibility index (Phi) is 59.1. The van der Waals surface area contributed by atoms with Gasteiger partial charge in [0.15, 0.2) is 0 Å². The van der Waals surface area contributed by atoms with Crippen molar-refractivity contribution in [3.05, 3.63) is 250 Å². The maximum absolute atomic E-state index is 13.7. The smallest absolute Gasteiger partial charge is 0.255 e. The van der Waals surface area contributed by atoms with E-state index in [0.29, 0.717) is 153 Å². The van der Waals surface area contributed by atoms with Gasteiger partial charge in [0.1, 0.15) is 34.5 Å². The standard InChI is InChI=1S/C132H176N6O8/c1-11-15-19-23-27-31-35-39-43-57-93-141-125-99-115(127(143-95-59-45-41-37-33-29-25-21-17-13-3)97-113(125)75-69-109-71-85-119(86-72-109)133-131(139)111-81-89-123(90-82-111)137-135-121-65-49-47-50-66-121)77-79-117-101-130(146-104-108(10)64-56-54-62-106(7)8)118(102-129(117)145-103-107(9)63-55-53-61-105(5)6)80-78-116-100-126(142-94-58-44-40-36-32-28-24-20-16-12-2)114(98-128(116)144-96-60-46-42-38-34-30-26-22-18-14-4)76-70-110-73-87-120(88-74-110)134-132(140)112-83-91-124(92-84-112)138-136-122-67-51-48-52-68-122/h47-52,65-68,71-74,81-92,97-102,105-108H,11-46,53-64,93-96,103-104H2,1-10H3,(H,133,139)(H,134,140)/t107-,108-/m1/s1. The number of amides is 2. The van der Waals surface area contributed by atoms with E-state index in [2.05, 4.69) is 160 Å². The van der Waals surface area contributed by atoms with E-state index >= 15 is 0 Å². The van der Waals surface area contributed by atoms with Gasteiger partial charge in [0.05, 0.1) is 95.8 Å². The van der Waals surface area contributed by atoms with Gasteiger partial charge in [-0.3, -0.25) is 9.59 Å². The van der Waals surface area contributed by atoms with Crippen LogP contribution < -0.4 is 39.1 Å². The molecule has 0 saturated heterocycles. The van der Waals surface area contributed by atoms with Gasteiger partial charge in [0, 0.05) is 70.0 Å². The lowest BCUT2D eigenvalue weighted by Crippen LogP contribution is -2.11. The average molecular weight is 1970 g/mol. The van der Waals surface area contributed by atoms with Crippen LogP contribution in [0.2, 0.25) is 0 Å². The molecule has 0 aliphatic heterocycles. The Morgan fingerprint density at radius 2 is 0.459 bits per heavy atom. The van der Waals surface area contributed by atoms with Gasteiger partial charge in [0.25, 0.3) is 11.8 Å². The maximum Gasteiger partial charge on any atom is 0.255 e. The molecule has 0 aromatic heterocycles. The first-order chi connectivity index (χ1) is 71.6. The van der Waals surface area contributed by atoms with Crippen LogP contribution >= 0.6 is 0 Å². The normalized spacial score (nSPS) is 11.6. The molecule has 0 saturated carbocycles. The number of hydrogen-bond acceptors (Lipinski definition) is 12. The quantitative estimate of drug-likeness (QED) is 0.0216. The zero-order valence-electron chi connectivity index (χ0n) is 91.0. The molecular formula is C132H176N6O8. The SMILES string of the molecule is CCCCCCCCCCCCOc1cc(C#Cc2cc(OC[C@H](C)CCCCC(C)C)c(C#Cc3cc(OCCCCCCCCCCCC)c(C#Cc4ccc(NC(=O)c5ccc(N=Nc6ccccc6)cc5)cc4)cc3OCCCCCCCCCCCC)cc2OC[C@H](C)CCCCC(C)C)c(OCCCCCCCCCCCC)cc1C#Cc1ccc(NC(=O)c2ccc(N=Nc3ccccc3)cc2)cc1. The molecule has 0 aliphatic carbocycles. The molecule has 0 unspecified atom stereocenters. The first-order valence-electron chi connectivity index (χ1n) is 57.0. The third-order valence-electron chi connectivity index (χ3n) is 26.7. The molecule has 9 aromatic rings. The van der Waals surface area contributed by atoms with Gasteiger partial charge in [-0.1, -0.05) is 423 Å². The number of azo groups is 2. The molecule has 0 fully saturated rings. The minimum atomic E-state index is -0.236. The second-order valence-electron chi connectivity index (χ2n) is 41.1. The highest BCUT2D eigenvalue weighted by molar-refractivity contribution is 6.05. The first kappa shape index (κ1) is 118. The lowest BCUT2D eigenvalue weighted by atomic mass is 10.0. The topological polar surface area (TPSA) is 163 Å². The molecule has 0 radical (unpaired) electrons. The predicted molar refractivity (Wildman–Crippen MR) is 611 cm³/mol. The van der Waals surface area contributed by atoms with Crippen LogP contribution in [0, 0.1) is 71.0 Å². The van der Waals surface area contributed by atoms with Crippen LogP contribution in [0.4, 0.5) is 34.1 Å². The molecule has 782 valence electrons. The summed E-state index contributed by atoms with van der Waals surface area (Å²) in [6, 6.07) is 61.0. The summed E-state index contributed by atoms with van der Waals surface area (Å²) in [6.07, 6.45) is 57.3. The monoisotopic (exact) mass is 1970 g/mol. The fourth-order valence-corrected chi connectivity index (χ4v) is 17.6. The number of unbranched alkanes of at least 4 members (excludes halogenated alkanes) is 38. The highest BCUT2D eigenvalue weighted by atomic mass is 16.5. The summed E-state index contributed by atoms with van der Waals surface area (Å²) in [5, 5.41) is 23.6. The van der Waals surface area contributed by atoms with Crippen molar-refractivity contribution < 1.29 is 38.0 Å². The van der Waals surface area contributed by atoms with Gasteiger partial charge in [-0.2, -0.15) is 20.5 Å². The summed E-state index contributed by atoms with van der Waals surface area (Å²) in [5.41, 5.74) is 10.8. The van der Waals surface area contributed by atoms with Crippen LogP contribution in [0.5, 0.6) is 34.5 Å². The number of nitrogens with zero attached hydrogens (tertiary/aromatic N) is 4. The largest absolute Gasteiger partial charge is 0.492 e. The second kappa shape index (κ2) is 73.3. The third kappa shape index (κ3) is 49.6. The van der Waals surface area contributed by atoms with Crippen molar-refractivity contribution in [2.24, 2.45) is 44.1 Å². The van der Waals surface area contributed by atoms with Crippen LogP contribution in [0.25, 0.3) is 0 Å². The Labute approximate surface area is 881 Å². The Bertz CT molecular complexity index is 5130. The molecule has 0 spiro atoms. The number of rotatable bonds is 72. The first-order valence-corrected chi connectivity index (χ1v) is 57.0. The molecule has 2 amide bonds. The van der Waals surface area contributed by atoms with E-state index in [9.17, 15) is 9.59 Å². The van der Waals surface area contributed by atoms with Crippen molar-refractivity contribution in [3.8, 4) is 81.9 Å². The van der Waals surface area contributed by atoms with Crippen molar-refractivity contribution in [2.75, 3.05) is 50.3 Å². The number of benzene rings is 9. The lowest BCUT2D eigenvalue weighted by molar-refractivity contribution is 0.101. The summed E-state index contributed by atoms with van der Waals surface area (Å²) < 4.78 is 42.4. The van der Waals surface area contributed by atoms with Crippen LogP contribution in [0.15, 0.2) is 215 Å². The Balaban J connectivity index is 1.13.